The maximum absolute atomic E-state index is 8.95. The Labute approximate surface area is 103 Å². The van der Waals surface area contributed by atoms with Gasteiger partial charge in [-0.2, -0.15) is 0 Å². The molecule has 2 rings (SSSR count). The number of hydrogen-bond donors (Lipinski definition) is 2. The number of benzene rings is 1. The largest absolute Gasteiger partial charge is 0.399 e. The number of aliphatic hydroxyl groups is 1. The molecule has 3 N–H and O–H groups in total. The molecule has 0 atom stereocenters. The van der Waals surface area contributed by atoms with Crippen LogP contribution in [0.25, 0.3) is 0 Å². The summed E-state index contributed by atoms with van der Waals surface area (Å²) in [4.78, 5) is 2.49. The monoisotopic (exact) mass is 234 g/mol. The second-order valence-electron chi connectivity index (χ2n) is 4.87. The van der Waals surface area contributed by atoms with Crippen LogP contribution in [0.3, 0.4) is 0 Å². The van der Waals surface area contributed by atoms with E-state index in [0.29, 0.717) is 0 Å². The van der Waals surface area contributed by atoms with Crippen molar-refractivity contribution in [1.82, 2.24) is 4.90 Å². The molecule has 3 nitrogen and oxygen atoms in total. The molecule has 0 heterocycles. The Kier molecular flexibility index (Phi) is 4.40. The smallest absolute Gasteiger partial charge is 0.0443 e. The predicted molar refractivity (Wildman–Crippen MR) is 70.6 cm³/mol. The van der Waals surface area contributed by atoms with Crippen LogP contribution in [-0.4, -0.2) is 29.2 Å². The highest BCUT2D eigenvalue weighted by molar-refractivity contribution is 5.39. The van der Waals surface area contributed by atoms with E-state index in [1.807, 2.05) is 12.1 Å². The van der Waals surface area contributed by atoms with Gasteiger partial charge < -0.3 is 10.8 Å². The lowest BCUT2D eigenvalue weighted by atomic mass is 9.91. The average Bonchev–Trinajstić information content (AvgIpc) is 2.26. The van der Waals surface area contributed by atoms with Crippen molar-refractivity contribution in [1.29, 1.82) is 0 Å². The van der Waals surface area contributed by atoms with E-state index < -0.39 is 0 Å². The molecular weight excluding hydrogens is 212 g/mol. The Morgan fingerprint density at radius 3 is 2.47 bits per heavy atom. The molecule has 0 bridgehead atoms. The zero-order valence-electron chi connectivity index (χ0n) is 10.3. The first-order valence-electron chi connectivity index (χ1n) is 6.49. The molecule has 0 saturated heterocycles. The van der Waals surface area contributed by atoms with Crippen LogP contribution in [0.4, 0.5) is 5.69 Å². The SMILES string of the molecule is Nc1ccc(CN(CCCO)C2CCC2)cc1. The van der Waals surface area contributed by atoms with Gasteiger partial charge in [0.1, 0.15) is 0 Å². The Balaban J connectivity index is 1.93. The lowest BCUT2D eigenvalue weighted by Gasteiger charge is -2.37. The van der Waals surface area contributed by atoms with E-state index in [1.54, 1.807) is 0 Å². The second kappa shape index (κ2) is 6.03. The van der Waals surface area contributed by atoms with E-state index in [2.05, 4.69) is 17.0 Å². The molecule has 1 aliphatic carbocycles. The van der Waals surface area contributed by atoms with E-state index >= 15 is 0 Å². The molecule has 0 amide bonds. The van der Waals surface area contributed by atoms with E-state index in [-0.39, 0.29) is 6.61 Å². The first-order valence-corrected chi connectivity index (χ1v) is 6.49. The summed E-state index contributed by atoms with van der Waals surface area (Å²) in [6.45, 7) is 2.25. The molecule has 0 spiro atoms. The Morgan fingerprint density at radius 2 is 1.94 bits per heavy atom. The van der Waals surface area contributed by atoms with Gasteiger partial charge in [-0.1, -0.05) is 18.6 Å². The average molecular weight is 234 g/mol. The van der Waals surface area contributed by atoms with Gasteiger partial charge in [0.2, 0.25) is 0 Å². The van der Waals surface area contributed by atoms with Crippen LogP contribution in [0, 0.1) is 0 Å². The highest BCUT2D eigenvalue weighted by Crippen LogP contribution is 2.26. The minimum absolute atomic E-state index is 0.283. The molecule has 0 aliphatic heterocycles. The summed E-state index contributed by atoms with van der Waals surface area (Å²) in [5, 5.41) is 8.95. The molecule has 3 heteroatoms. The summed E-state index contributed by atoms with van der Waals surface area (Å²) in [5.74, 6) is 0. The van der Waals surface area contributed by atoms with Crippen LogP contribution in [0.1, 0.15) is 31.2 Å². The minimum Gasteiger partial charge on any atom is -0.399 e. The highest BCUT2D eigenvalue weighted by Gasteiger charge is 2.24. The molecule has 1 aliphatic rings. The van der Waals surface area contributed by atoms with Gasteiger partial charge in [0.25, 0.3) is 0 Å². The lowest BCUT2D eigenvalue weighted by Crippen LogP contribution is -2.40. The summed E-state index contributed by atoms with van der Waals surface area (Å²) < 4.78 is 0. The molecule has 1 saturated carbocycles. The van der Waals surface area contributed by atoms with E-state index in [4.69, 9.17) is 10.8 Å². The Bertz CT molecular complexity index is 333. The van der Waals surface area contributed by atoms with Crippen molar-refractivity contribution in [3.05, 3.63) is 29.8 Å². The topological polar surface area (TPSA) is 49.5 Å². The summed E-state index contributed by atoms with van der Waals surface area (Å²) in [7, 11) is 0. The normalized spacial score (nSPS) is 16.1. The van der Waals surface area contributed by atoms with Crippen molar-refractivity contribution in [3.63, 3.8) is 0 Å². The number of nitrogen functional groups attached to an aromatic ring is 1. The number of hydrogen-bond acceptors (Lipinski definition) is 3. The quantitative estimate of drug-likeness (QED) is 0.740. The summed E-state index contributed by atoms with van der Waals surface area (Å²) in [6.07, 6.45) is 4.83. The predicted octanol–water partition coefficient (Wildman–Crippen LogP) is 2.01. The van der Waals surface area contributed by atoms with Crippen LogP contribution in [0.15, 0.2) is 24.3 Å². The van der Waals surface area contributed by atoms with Gasteiger partial charge >= 0.3 is 0 Å². The van der Waals surface area contributed by atoms with Crippen LogP contribution < -0.4 is 5.73 Å². The molecule has 1 aromatic rings. The molecular formula is C14H22N2O. The van der Waals surface area contributed by atoms with Gasteiger partial charge in [-0.05, 0) is 37.0 Å². The van der Waals surface area contributed by atoms with Gasteiger partial charge in [0.15, 0.2) is 0 Å². The maximum atomic E-state index is 8.95. The third kappa shape index (κ3) is 3.45. The number of nitrogens with two attached hydrogens (primary N) is 1. The second-order valence-corrected chi connectivity index (χ2v) is 4.87. The number of aliphatic hydroxyl groups excluding tert-OH is 1. The fourth-order valence-electron chi connectivity index (χ4n) is 2.27. The summed E-state index contributed by atoms with van der Waals surface area (Å²) >= 11 is 0. The van der Waals surface area contributed by atoms with E-state index in [1.165, 1.54) is 24.8 Å². The fraction of sp³-hybridized carbons (Fsp3) is 0.571. The molecule has 0 aromatic heterocycles. The summed E-state index contributed by atoms with van der Waals surface area (Å²) in [5.41, 5.74) is 7.82. The molecule has 17 heavy (non-hydrogen) atoms. The number of anilines is 1. The maximum Gasteiger partial charge on any atom is 0.0443 e. The van der Waals surface area contributed by atoms with E-state index in [0.717, 1.165) is 31.2 Å². The van der Waals surface area contributed by atoms with Gasteiger partial charge in [-0.15, -0.1) is 0 Å². The molecule has 0 radical (unpaired) electrons. The summed E-state index contributed by atoms with van der Waals surface area (Å²) in [6, 6.07) is 8.83. The van der Waals surface area contributed by atoms with Crippen molar-refractivity contribution < 1.29 is 5.11 Å². The van der Waals surface area contributed by atoms with E-state index in [9.17, 15) is 0 Å². The van der Waals surface area contributed by atoms with Crippen LogP contribution in [0.5, 0.6) is 0 Å². The third-order valence-electron chi connectivity index (χ3n) is 3.56. The lowest BCUT2D eigenvalue weighted by molar-refractivity contribution is 0.109. The Hall–Kier alpha value is -1.06. The van der Waals surface area contributed by atoms with Crippen LogP contribution in [-0.2, 0) is 6.54 Å². The molecule has 94 valence electrons. The molecule has 1 fully saturated rings. The first kappa shape index (κ1) is 12.4. The highest BCUT2D eigenvalue weighted by atomic mass is 16.3. The van der Waals surface area contributed by atoms with Crippen molar-refractivity contribution in [3.8, 4) is 0 Å². The van der Waals surface area contributed by atoms with Gasteiger partial charge in [-0.25, -0.2) is 0 Å². The van der Waals surface area contributed by atoms with Crippen LogP contribution >= 0.6 is 0 Å². The van der Waals surface area contributed by atoms with Crippen LogP contribution in [0.2, 0.25) is 0 Å². The number of rotatable bonds is 6. The van der Waals surface area contributed by atoms with Gasteiger partial charge in [0.05, 0.1) is 0 Å². The number of nitrogens with zero attached hydrogens (tertiary/aromatic N) is 1. The zero-order chi connectivity index (χ0) is 12.1. The Morgan fingerprint density at radius 1 is 1.24 bits per heavy atom. The third-order valence-corrected chi connectivity index (χ3v) is 3.56. The van der Waals surface area contributed by atoms with Crippen molar-refractivity contribution in [2.24, 2.45) is 0 Å². The van der Waals surface area contributed by atoms with Gasteiger partial charge in [0, 0.05) is 31.4 Å². The zero-order valence-corrected chi connectivity index (χ0v) is 10.3. The molecule has 1 aromatic carbocycles. The standard InChI is InChI=1S/C14H22N2O/c15-13-7-5-12(6-8-13)11-16(9-2-10-17)14-3-1-4-14/h5-8,14,17H,1-4,9-11,15H2. The van der Waals surface area contributed by atoms with Crippen molar-refractivity contribution in [2.45, 2.75) is 38.3 Å². The fourth-order valence-corrected chi connectivity index (χ4v) is 2.27. The molecule has 0 unspecified atom stereocenters. The van der Waals surface area contributed by atoms with Crippen molar-refractivity contribution in [2.75, 3.05) is 18.9 Å². The first-order chi connectivity index (χ1) is 8.29. The minimum atomic E-state index is 0.283. The van der Waals surface area contributed by atoms with Crippen molar-refractivity contribution >= 4 is 5.69 Å². The van der Waals surface area contributed by atoms with Gasteiger partial charge in [-0.3, -0.25) is 4.90 Å².